The Morgan fingerprint density at radius 3 is 1.59 bits per heavy atom. The number of rotatable bonds is 6. The van der Waals surface area contributed by atoms with Crippen LogP contribution in [0.5, 0.6) is 0 Å². The van der Waals surface area contributed by atoms with Crippen LogP contribution >= 0.6 is 0 Å². The lowest BCUT2D eigenvalue weighted by Gasteiger charge is -2.45. The van der Waals surface area contributed by atoms with E-state index in [1.54, 1.807) is 0 Å². The number of benzene rings is 8. The van der Waals surface area contributed by atoms with Crippen molar-refractivity contribution in [2.45, 2.75) is 122 Å². The van der Waals surface area contributed by atoms with Crippen LogP contribution in [0.25, 0.3) is 44.5 Å². The summed E-state index contributed by atoms with van der Waals surface area (Å²) in [6, 6.07) is 62.1. The maximum Gasteiger partial charge on any atom is 0.197 e. The van der Waals surface area contributed by atoms with Gasteiger partial charge in [-0.15, -0.1) is 0 Å². The molecule has 3 heteroatoms. The van der Waals surface area contributed by atoms with E-state index in [0.29, 0.717) is 0 Å². The van der Waals surface area contributed by atoms with Crippen molar-refractivity contribution in [2.24, 2.45) is 0 Å². The Kier molecular flexibility index (Phi) is 10.0. The van der Waals surface area contributed by atoms with E-state index < -0.39 is 0 Å². The average molecular weight is 910 g/mol. The number of hydrogen-bond donors (Lipinski definition) is 1. The molecule has 12 rings (SSSR count). The van der Waals surface area contributed by atoms with Crippen molar-refractivity contribution in [1.82, 2.24) is 0 Å². The van der Waals surface area contributed by atoms with Crippen LogP contribution in [0.4, 0.5) is 28.4 Å². The molecule has 3 aliphatic carbocycles. The molecule has 2 nitrogen and oxygen atoms in total. The van der Waals surface area contributed by atoms with E-state index in [9.17, 15) is 0 Å². The van der Waals surface area contributed by atoms with E-state index in [-0.39, 0.29) is 27.1 Å². The molecule has 347 valence electrons. The Bertz CT molecular complexity index is 3390. The van der Waals surface area contributed by atoms with Crippen LogP contribution in [0, 0.1) is 0 Å². The zero-order valence-electron chi connectivity index (χ0n) is 42.9. The molecule has 1 aliphatic heterocycles. The van der Waals surface area contributed by atoms with Crippen LogP contribution in [-0.2, 0) is 27.1 Å². The lowest BCUT2D eigenvalue weighted by molar-refractivity contribution is 0.332. The van der Waals surface area contributed by atoms with Gasteiger partial charge >= 0.3 is 0 Å². The normalized spacial score (nSPS) is 18.0. The number of nitrogens with one attached hydrogen (secondary N) is 1. The maximum atomic E-state index is 4.02. The van der Waals surface area contributed by atoms with Crippen LogP contribution in [0.3, 0.4) is 0 Å². The number of hydrogen-bond acceptors (Lipinski definition) is 2. The summed E-state index contributed by atoms with van der Waals surface area (Å²) in [6.07, 6.45) is 4.69. The van der Waals surface area contributed by atoms with Crippen LogP contribution in [0.15, 0.2) is 164 Å². The maximum absolute atomic E-state index is 4.02. The van der Waals surface area contributed by atoms with E-state index in [2.05, 4.69) is 251 Å². The van der Waals surface area contributed by atoms with E-state index >= 15 is 0 Å². The van der Waals surface area contributed by atoms with Gasteiger partial charge in [0.15, 0.2) is 7.28 Å². The quantitative estimate of drug-likeness (QED) is 0.167. The minimum absolute atomic E-state index is 0.0537. The van der Waals surface area contributed by atoms with Crippen molar-refractivity contribution in [2.75, 3.05) is 10.2 Å². The Labute approximate surface area is 418 Å². The lowest BCUT2D eigenvalue weighted by Crippen LogP contribution is -2.44. The number of anilines is 5. The molecule has 0 fully saturated rings. The Balaban J connectivity index is 1.17. The molecule has 1 N–H and O–H groups in total. The fourth-order valence-corrected chi connectivity index (χ4v) is 12.9. The highest BCUT2D eigenvalue weighted by molar-refractivity contribution is 6.73. The third kappa shape index (κ3) is 7.04. The molecule has 70 heavy (non-hydrogen) atoms. The second kappa shape index (κ2) is 15.7. The summed E-state index contributed by atoms with van der Waals surface area (Å²) < 4.78 is 0. The zero-order valence-corrected chi connectivity index (χ0v) is 42.9. The molecule has 0 saturated carbocycles. The third-order valence-electron chi connectivity index (χ3n) is 17.4. The zero-order chi connectivity index (χ0) is 48.5. The molecular weight excluding hydrogens is 844 g/mol. The minimum atomic E-state index is -0.247. The van der Waals surface area contributed by atoms with Crippen molar-refractivity contribution in [3.8, 4) is 44.5 Å². The van der Waals surface area contributed by atoms with Crippen molar-refractivity contribution >= 4 is 46.6 Å². The molecule has 0 unspecified atom stereocenters. The monoisotopic (exact) mass is 910 g/mol. The molecular formula is C67H66BN2. The lowest BCUT2D eigenvalue weighted by atomic mass is 9.54. The van der Waals surface area contributed by atoms with E-state index in [1.165, 1.54) is 132 Å². The fraction of sp³-hybridized carbons (Fsp3) is 0.284. The third-order valence-corrected chi connectivity index (χ3v) is 17.4. The Hall–Kier alpha value is -6.58. The van der Waals surface area contributed by atoms with E-state index in [1.807, 2.05) is 0 Å². The van der Waals surface area contributed by atoms with Crippen molar-refractivity contribution in [3.63, 3.8) is 0 Å². The van der Waals surface area contributed by atoms with Crippen LogP contribution < -0.4 is 21.1 Å². The summed E-state index contributed by atoms with van der Waals surface area (Å²) >= 11 is 0. The van der Waals surface area contributed by atoms with Crippen molar-refractivity contribution in [3.05, 3.63) is 197 Å². The second-order valence-corrected chi connectivity index (χ2v) is 24.2. The number of nitrogens with zero attached hydrogens (tertiary/aromatic N) is 1. The molecule has 1 radical (unpaired) electrons. The van der Waals surface area contributed by atoms with Crippen LogP contribution in [0.2, 0.25) is 0 Å². The summed E-state index contributed by atoms with van der Waals surface area (Å²) in [6.45, 7) is 24.6. The van der Waals surface area contributed by atoms with Crippen LogP contribution in [-0.4, -0.2) is 7.28 Å². The minimum Gasteiger partial charge on any atom is -0.355 e. The van der Waals surface area contributed by atoms with Gasteiger partial charge in [0, 0.05) is 39.4 Å². The average Bonchev–Trinajstić information content (AvgIpc) is 3.58. The fourth-order valence-electron chi connectivity index (χ4n) is 12.9. The highest BCUT2D eigenvalue weighted by atomic mass is 15.2. The molecule has 0 atom stereocenters. The van der Waals surface area contributed by atoms with Gasteiger partial charge in [0.2, 0.25) is 0 Å². The smallest absolute Gasteiger partial charge is 0.197 e. The molecule has 0 saturated heterocycles. The Morgan fingerprint density at radius 1 is 0.400 bits per heavy atom. The number of fused-ring (bicyclic) bond motifs is 7. The SMILES string of the molecule is CC1(C)CCC(C)(C)c2cc(N3c4cc5c(cc4[B]c4c3cc3c(c4-c4cc(-c6ccccc6)ccc4Nc4ccc(-c6ccccc6)cc4)-c4ccccc4C3(C)C)C(C)(C)CCC5(C)C)ccc21. The van der Waals surface area contributed by atoms with Gasteiger partial charge in [0.05, 0.1) is 0 Å². The first-order valence-corrected chi connectivity index (χ1v) is 25.8. The molecule has 8 aromatic carbocycles. The summed E-state index contributed by atoms with van der Waals surface area (Å²) in [4.78, 5) is 2.68. The first-order chi connectivity index (χ1) is 33.4. The summed E-state index contributed by atoms with van der Waals surface area (Å²) in [7, 11) is 2.57. The highest BCUT2D eigenvalue weighted by Gasteiger charge is 2.44. The van der Waals surface area contributed by atoms with Gasteiger partial charge < -0.3 is 10.2 Å². The van der Waals surface area contributed by atoms with Gasteiger partial charge in [0.1, 0.15) is 0 Å². The van der Waals surface area contributed by atoms with Gasteiger partial charge in [-0.2, -0.15) is 0 Å². The van der Waals surface area contributed by atoms with Gasteiger partial charge in [0.25, 0.3) is 0 Å². The van der Waals surface area contributed by atoms with Gasteiger partial charge in [-0.25, -0.2) is 0 Å². The topological polar surface area (TPSA) is 15.3 Å². The predicted molar refractivity (Wildman–Crippen MR) is 300 cm³/mol. The summed E-state index contributed by atoms with van der Waals surface area (Å²) in [5, 5.41) is 4.02. The Morgan fingerprint density at radius 2 is 0.929 bits per heavy atom. The largest absolute Gasteiger partial charge is 0.355 e. The van der Waals surface area contributed by atoms with Crippen LogP contribution in [0.1, 0.15) is 128 Å². The van der Waals surface area contributed by atoms with Gasteiger partial charge in [-0.1, -0.05) is 190 Å². The van der Waals surface area contributed by atoms with Gasteiger partial charge in [-0.05, 0) is 174 Å². The highest BCUT2D eigenvalue weighted by Crippen LogP contribution is 2.57. The molecule has 1 heterocycles. The van der Waals surface area contributed by atoms with E-state index in [4.69, 9.17) is 0 Å². The summed E-state index contributed by atoms with van der Waals surface area (Å²) in [5.74, 6) is 0. The molecule has 0 aromatic heterocycles. The first-order valence-electron chi connectivity index (χ1n) is 25.8. The molecule has 4 aliphatic rings. The first kappa shape index (κ1) is 44.6. The van der Waals surface area contributed by atoms with Gasteiger partial charge in [-0.3, -0.25) is 0 Å². The van der Waals surface area contributed by atoms with Crippen molar-refractivity contribution < 1.29 is 0 Å². The molecule has 8 aromatic rings. The molecule has 0 amide bonds. The van der Waals surface area contributed by atoms with Crippen molar-refractivity contribution in [1.29, 1.82) is 0 Å². The second-order valence-electron chi connectivity index (χ2n) is 24.2. The standard InChI is InChI=1S/C67H66BN2/c1-63(2)33-34-64(3,4)52-38-47(30-31-51(52)63)70-58-40-54-53(65(5,6)35-36-66(54,7)8)39-56(58)68-62-59(70)41-55-60(48-23-17-18-24-50(48)67(55,9)10)61(62)49-37-45(43-21-15-12-16-22-43)27-32-57(49)69-46-28-25-44(26-29-46)42-19-13-11-14-20-42/h11-32,37-41,69H,33-36H2,1-10H3. The molecule has 0 bridgehead atoms. The predicted octanol–water partition coefficient (Wildman–Crippen LogP) is 16.9. The molecule has 0 spiro atoms. The van der Waals surface area contributed by atoms with E-state index in [0.717, 1.165) is 11.4 Å². The summed E-state index contributed by atoms with van der Waals surface area (Å²) in [5.41, 5.74) is 27.1.